The number of hydrogen-bond acceptors (Lipinski definition) is 4. The minimum absolute atomic E-state index is 0.00683. The van der Waals surface area contributed by atoms with Crippen LogP contribution in [0.15, 0.2) is 6.07 Å². The summed E-state index contributed by atoms with van der Waals surface area (Å²) in [6, 6.07) is 1.71. The summed E-state index contributed by atoms with van der Waals surface area (Å²) < 4.78 is 25.7. The van der Waals surface area contributed by atoms with Crippen LogP contribution < -0.4 is 0 Å². The quantitative estimate of drug-likeness (QED) is 0.836. The number of aromatic nitrogens is 2. The third-order valence-electron chi connectivity index (χ3n) is 4.39. The summed E-state index contributed by atoms with van der Waals surface area (Å²) in [4.78, 5) is 14.4. The van der Waals surface area contributed by atoms with Crippen molar-refractivity contribution in [2.24, 2.45) is 5.41 Å². The fourth-order valence-electron chi connectivity index (χ4n) is 3.07. The van der Waals surface area contributed by atoms with Crippen LogP contribution in [0.4, 0.5) is 0 Å². The van der Waals surface area contributed by atoms with Gasteiger partial charge >= 0.3 is 0 Å². The fraction of sp³-hybridized carbons (Fsp3) is 0.750. The first-order chi connectivity index (χ1) is 10.5. The van der Waals surface area contributed by atoms with Gasteiger partial charge in [0.2, 0.25) is 5.91 Å². The van der Waals surface area contributed by atoms with Gasteiger partial charge in [0.25, 0.3) is 0 Å². The SMILES string of the molecule is Cc1cc(C)n(CCC(=O)N2CCS(=O)(=O)CC2C(C)(C)C)n1. The lowest BCUT2D eigenvalue weighted by Crippen LogP contribution is -2.56. The molecule has 2 rings (SSSR count). The molecule has 1 fully saturated rings. The van der Waals surface area contributed by atoms with E-state index in [0.717, 1.165) is 11.4 Å². The average molecular weight is 341 g/mol. The Hall–Kier alpha value is -1.37. The topological polar surface area (TPSA) is 72.3 Å². The normalized spacial score (nSPS) is 21.4. The van der Waals surface area contributed by atoms with Crippen molar-refractivity contribution < 1.29 is 13.2 Å². The van der Waals surface area contributed by atoms with Crippen molar-refractivity contribution in [1.29, 1.82) is 0 Å². The number of aryl methyl sites for hydroxylation is 3. The predicted molar refractivity (Wildman–Crippen MR) is 89.9 cm³/mol. The second kappa shape index (κ2) is 6.26. The maximum atomic E-state index is 12.6. The molecule has 130 valence electrons. The second-order valence-corrected chi connectivity index (χ2v) is 9.71. The van der Waals surface area contributed by atoms with Crippen molar-refractivity contribution in [3.63, 3.8) is 0 Å². The monoisotopic (exact) mass is 341 g/mol. The lowest BCUT2D eigenvalue weighted by atomic mass is 9.86. The number of hydrogen-bond donors (Lipinski definition) is 0. The van der Waals surface area contributed by atoms with Gasteiger partial charge in [-0.1, -0.05) is 20.8 Å². The molecule has 0 aliphatic carbocycles. The number of rotatable bonds is 3. The molecule has 0 spiro atoms. The zero-order chi connectivity index (χ0) is 17.4. The van der Waals surface area contributed by atoms with Gasteiger partial charge in [0.15, 0.2) is 9.84 Å². The summed E-state index contributed by atoms with van der Waals surface area (Å²) in [5.74, 6) is 0.125. The van der Waals surface area contributed by atoms with E-state index >= 15 is 0 Å². The second-order valence-electron chi connectivity index (χ2n) is 7.48. The zero-order valence-electron chi connectivity index (χ0n) is 14.7. The van der Waals surface area contributed by atoms with Crippen LogP contribution in [0.2, 0.25) is 0 Å². The van der Waals surface area contributed by atoms with E-state index in [4.69, 9.17) is 0 Å². The molecule has 7 heteroatoms. The van der Waals surface area contributed by atoms with E-state index in [0.29, 0.717) is 19.5 Å². The molecule has 1 saturated heterocycles. The molecule has 0 radical (unpaired) electrons. The molecular formula is C16H27N3O3S. The summed E-state index contributed by atoms with van der Waals surface area (Å²) in [5, 5.41) is 4.37. The maximum Gasteiger partial charge on any atom is 0.224 e. The van der Waals surface area contributed by atoms with Gasteiger partial charge in [-0.3, -0.25) is 9.48 Å². The zero-order valence-corrected chi connectivity index (χ0v) is 15.5. The van der Waals surface area contributed by atoms with Crippen LogP contribution in [0, 0.1) is 19.3 Å². The van der Waals surface area contributed by atoms with Crippen molar-refractivity contribution >= 4 is 15.7 Å². The van der Waals surface area contributed by atoms with Crippen molar-refractivity contribution in [1.82, 2.24) is 14.7 Å². The molecule has 0 saturated carbocycles. The van der Waals surface area contributed by atoms with E-state index < -0.39 is 9.84 Å². The average Bonchev–Trinajstić information content (AvgIpc) is 2.72. The van der Waals surface area contributed by atoms with Crippen LogP contribution in [0.25, 0.3) is 0 Å². The Bertz CT molecular complexity index is 686. The first-order valence-electron chi connectivity index (χ1n) is 8.00. The van der Waals surface area contributed by atoms with E-state index in [1.807, 2.05) is 45.4 Å². The molecule has 1 unspecified atom stereocenters. The first kappa shape index (κ1) is 18.0. The lowest BCUT2D eigenvalue weighted by Gasteiger charge is -2.43. The lowest BCUT2D eigenvalue weighted by molar-refractivity contribution is -0.135. The number of carbonyl (C=O) groups excluding carboxylic acids is 1. The highest BCUT2D eigenvalue weighted by Crippen LogP contribution is 2.29. The third-order valence-corrected chi connectivity index (χ3v) is 6.02. The molecule has 0 aromatic carbocycles. The van der Waals surface area contributed by atoms with Gasteiger partial charge in [0.05, 0.1) is 23.2 Å². The van der Waals surface area contributed by atoms with Gasteiger partial charge in [-0.05, 0) is 25.3 Å². The Kier molecular flexibility index (Phi) is 4.89. The van der Waals surface area contributed by atoms with Gasteiger partial charge in [-0.25, -0.2) is 8.42 Å². The maximum absolute atomic E-state index is 12.6. The number of sulfone groups is 1. The van der Waals surface area contributed by atoms with Crippen LogP contribution in [-0.4, -0.2) is 53.1 Å². The van der Waals surface area contributed by atoms with E-state index in [2.05, 4.69) is 5.10 Å². The van der Waals surface area contributed by atoms with Crippen molar-refractivity contribution in [3.8, 4) is 0 Å². The van der Waals surface area contributed by atoms with E-state index in [1.54, 1.807) is 4.90 Å². The fourth-order valence-corrected chi connectivity index (χ4v) is 4.87. The molecule has 1 atom stereocenters. The van der Waals surface area contributed by atoms with Gasteiger partial charge in [0, 0.05) is 25.2 Å². The minimum Gasteiger partial charge on any atom is -0.337 e. The molecule has 1 aliphatic rings. The van der Waals surface area contributed by atoms with Crippen LogP contribution in [-0.2, 0) is 21.2 Å². The smallest absolute Gasteiger partial charge is 0.224 e. The Morgan fingerprint density at radius 3 is 2.52 bits per heavy atom. The summed E-state index contributed by atoms with van der Waals surface area (Å²) >= 11 is 0. The summed E-state index contributed by atoms with van der Waals surface area (Å²) in [5.41, 5.74) is 1.71. The largest absolute Gasteiger partial charge is 0.337 e. The Morgan fingerprint density at radius 2 is 2.00 bits per heavy atom. The molecule has 23 heavy (non-hydrogen) atoms. The summed E-state index contributed by atoms with van der Waals surface area (Å²) in [6.07, 6.45) is 0.342. The Morgan fingerprint density at radius 1 is 1.35 bits per heavy atom. The number of amides is 1. The highest BCUT2D eigenvalue weighted by Gasteiger charge is 2.40. The molecule has 0 N–H and O–H groups in total. The van der Waals surface area contributed by atoms with E-state index in [9.17, 15) is 13.2 Å². The molecule has 0 bridgehead atoms. The highest BCUT2D eigenvalue weighted by molar-refractivity contribution is 7.91. The summed E-state index contributed by atoms with van der Waals surface area (Å²) in [6.45, 7) is 10.7. The van der Waals surface area contributed by atoms with Crippen molar-refractivity contribution in [2.75, 3.05) is 18.1 Å². The van der Waals surface area contributed by atoms with Crippen LogP contribution in [0.3, 0.4) is 0 Å². The minimum atomic E-state index is -3.06. The first-order valence-corrected chi connectivity index (χ1v) is 9.83. The molecule has 1 aromatic heterocycles. The predicted octanol–water partition coefficient (Wildman–Crippen LogP) is 1.56. The van der Waals surface area contributed by atoms with Crippen LogP contribution in [0.5, 0.6) is 0 Å². The summed E-state index contributed by atoms with van der Waals surface area (Å²) in [7, 11) is -3.06. The van der Waals surface area contributed by atoms with E-state index in [-0.39, 0.29) is 28.9 Å². The molecule has 6 nitrogen and oxygen atoms in total. The van der Waals surface area contributed by atoms with Crippen molar-refractivity contribution in [3.05, 3.63) is 17.5 Å². The standard InChI is InChI=1S/C16H27N3O3S/c1-12-10-13(2)19(17-12)7-6-15(20)18-8-9-23(21,22)11-14(18)16(3,4)5/h10,14H,6-9,11H2,1-5H3. The highest BCUT2D eigenvalue weighted by atomic mass is 32.2. The number of nitrogens with zero attached hydrogens (tertiary/aromatic N) is 3. The van der Waals surface area contributed by atoms with Gasteiger partial charge < -0.3 is 4.90 Å². The molecule has 2 heterocycles. The van der Waals surface area contributed by atoms with Crippen LogP contribution in [0.1, 0.15) is 38.6 Å². The van der Waals surface area contributed by atoms with Gasteiger partial charge in [-0.15, -0.1) is 0 Å². The van der Waals surface area contributed by atoms with Gasteiger partial charge in [-0.2, -0.15) is 5.10 Å². The number of carbonyl (C=O) groups is 1. The molecule has 1 aliphatic heterocycles. The van der Waals surface area contributed by atoms with Crippen LogP contribution >= 0.6 is 0 Å². The molecular weight excluding hydrogens is 314 g/mol. The van der Waals surface area contributed by atoms with Crippen molar-refractivity contribution in [2.45, 2.75) is 53.6 Å². The van der Waals surface area contributed by atoms with Gasteiger partial charge in [0.1, 0.15) is 0 Å². The Balaban J connectivity index is 2.09. The van der Waals surface area contributed by atoms with E-state index in [1.165, 1.54) is 0 Å². The Labute approximate surface area is 138 Å². The molecule has 1 aromatic rings. The third kappa shape index (κ3) is 4.34. The molecule has 1 amide bonds.